The molecule has 0 saturated heterocycles. The van der Waals surface area contributed by atoms with Crippen LogP contribution in [0.25, 0.3) is 17.2 Å². The molecule has 3 aromatic carbocycles. The molecule has 1 aliphatic carbocycles. The van der Waals surface area contributed by atoms with E-state index in [1.54, 1.807) is 29.2 Å². The molecule has 1 aliphatic heterocycles. The zero-order chi connectivity index (χ0) is 29.0. The number of sulfone groups is 1. The Bertz CT molecular complexity index is 1560. The second-order valence-corrected chi connectivity index (χ2v) is 12.3. The van der Waals surface area contributed by atoms with E-state index in [-0.39, 0.29) is 17.6 Å². The predicted octanol–water partition coefficient (Wildman–Crippen LogP) is 5.85. The van der Waals surface area contributed by atoms with Gasteiger partial charge in [-0.25, -0.2) is 13.2 Å². The normalized spacial score (nSPS) is 17.8. The van der Waals surface area contributed by atoms with Crippen LogP contribution in [-0.4, -0.2) is 39.7 Å². The third-order valence-corrected chi connectivity index (χ3v) is 9.23. The smallest absolute Gasteiger partial charge is 0.330 e. The van der Waals surface area contributed by atoms with E-state index in [1.807, 2.05) is 48.5 Å². The van der Waals surface area contributed by atoms with Gasteiger partial charge in [-0.3, -0.25) is 4.79 Å². The van der Waals surface area contributed by atoms with Crippen LogP contribution in [0.4, 0.5) is 11.4 Å². The van der Waals surface area contributed by atoms with Crippen LogP contribution >= 0.6 is 0 Å². The number of carbonyl (C=O) groups is 2. The van der Waals surface area contributed by atoms with Crippen molar-refractivity contribution in [3.8, 4) is 11.1 Å². The van der Waals surface area contributed by atoms with Crippen molar-refractivity contribution in [1.82, 2.24) is 0 Å². The maximum atomic E-state index is 13.9. The van der Waals surface area contributed by atoms with Gasteiger partial charge in [0.1, 0.15) is 0 Å². The number of amides is 1. The number of hydrogen-bond donors (Lipinski definition) is 1. The van der Waals surface area contributed by atoms with E-state index in [0.29, 0.717) is 33.9 Å². The van der Waals surface area contributed by atoms with Crippen LogP contribution < -0.4 is 10.2 Å². The zero-order valence-electron chi connectivity index (χ0n) is 23.5. The summed E-state index contributed by atoms with van der Waals surface area (Å²) in [5.74, 6) is -0.628. The Labute approximate surface area is 237 Å². The summed E-state index contributed by atoms with van der Waals surface area (Å²) in [4.78, 5) is 27.3. The van der Waals surface area contributed by atoms with E-state index in [0.717, 1.165) is 43.2 Å². The molecular formula is C32H34N2O5S. The zero-order valence-corrected chi connectivity index (χ0v) is 23.3. The average molecular weight is 560 g/mol. The van der Waals surface area contributed by atoms with Gasteiger partial charge in [0, 0.05) is 24.2 Å². The molecule has 2 aliphatic rings. The van der Waals surface area contributed by atoms with Gasteiger partial charge in [0.15, 0.2) is 9.84 Å². The molecular weight excluding hydrogens is 524 g/mol. The fraction of sp³-hybridized carbons (Fsp3) is 0.312. The molecule has 40 heavy (non-hydrogen) atoms. The molecule has 0 spiro atoms. The van der Waals surface area contributed by atoms with Crippen molar-refractivity contribution in [2.45, 2.75) is 43.5 Å². The quantitative estimate of drug-likeness (QED) is 0.288. The number of hydrogen-bond acceptors (Lipinski definition) is 6. The molecule has 5 rings (SSSR count). The molecule has 1 atom stereocenters. The van der Waals surface area contributed by atoms with Gasteiger partial charge in [-0.15, -0.1) is 0 Å². The number of rotatable bonds is 7. The van der Waals surface area contributed by atoms with Crippen LogP contribution in [0.2, 0.25) is 0 Å². The Balaban J connectivity index is 1.46. The molecule has 8 heteroatoms. The number of nitrogens with zero attached hydrogens (tertiary/aromatic N) is 1. The third kappa shape index (κ3) is 6.28. The predicted molar refractivity (Wildman–Crippen MR) is 158 cm³/mol. The lowest BCUT2D eigenvalue weighted by Crippen LogP contribution is -2.36. The van der Waals surface area contributed by atoms with Gasteiger partial charge in [-0.05, 0) is 65.4 Å². The largest absolute Gasteiger partial charge is 0.466 e. The Morgan fingerprint density at radius 2 is 1.77 bits per heavy atom. The van der Waals surface area contributed by atoms with Gasteiger partial charge in [-0.2, -0.15) is 0 Å². The Morgan fingerprint density at radius 1 is 1.02 bits per heavy atom. The van der Waals surface area contributed by atoms with Crippen molar-refractivity contribution in [3.05, 3.63) is 83.9 Å². The summed E-state index contributed by atoms with van der Waals surface area (Å²) in [7, 11) is -2.02. The van der Waals surface area contributed by atoms with E-state index in [4.69, 9.17) is 0 Å². The first kappa shape index (κ1) is 26.3. The highest BCUT2D eigenvalue weighted by Gasteiger charge is 2.27. The Kier molecular flexibility index (Phi) is 7.95. The Morgan fingerprint density at radius 3 is 2.52 bits per heavy atom. The lowest BCUT2D eigenvalue weighted by Gasteiger charge is -2.30. The number of carbonyl (C=O) groups excluding carboxylic acids is 2. The number of anilines is 2. The fourth-order valence-corrected chi connectivity index (χ4v) is 6.64. The number of esters is 1. The lowest BCUT2D eigenvalue weighted by molar-refractivity contribution is -0.134. The van der Waals surface area contributed by atoms with Crippen LogP contribution in [0.5, 0.6) is 0 Å². The van der Waals surface area contributed by atoms with Gasteiger partial charge in [0.25, 0.3) is 0 Å². The number of fused-ring (bicyclic) bond motifs is 1. The summed E-state index contributed by atoms with van der Waals surface area (Å²) in [5, 5.41) is 3.14. The van der Waals surface area contributed by atoms with Crippen LogP contribution in [0.3, 0.4) is 0 Å². The van der Waals surface area contributed by atoms with Gasteiger partial charge in [0.2, 0.25) is 5.91 Å². The lowest BCUT2D eigenvalue weighted by atomic mass is 9.88. The minimum absolute atomic E-state index is 0.0629. The highest BCUT2D eigenvalue weighted by Crippen LogP contribution is 2.33. The molecule has 7 nitrogen and oxygen atoms in total. The molecule has 3 aromatic rings. The SMILES string of the molecule is [2H]C(c1ccc(-c2ccc3c(c2)S(=O)(=O)CCN3)cc1)N(C(=O)C1CCCCC1)c1cccc(/C=C/C(=O)OC)c1. The summed E-state index contributed by atoms with van der Waals surface area (Å²) in [5.41, 5.74) is 4.15. The maximum absolute atomic E-state index is 13.9. The van der Waals surface area contributed by atoms with Gasteiger partial charge in [0.05, 0.1) is 31.3 Å². The molecule has 0 radical (unpaired) electrons. The van der Waals surface area contributed by atoms with Gasteiger partial charge in [-0.1, -0.05) is 61.7 Å². The molecule has 1 unspecified atom stereocenters. The minimum Gasteiger partial charge on any atom is -0.466 e. The topological polar surface area (TPSA) is 92.8 Å². The molecule has 1 N–H and O–H groups in total. The summed E-state index contributed by atoms with van der Waals surface area (Å²) in [6, 6.07) is 20.0. The monoisotopic (exact) mass is 559 g/mol. The van der Waals surface area contributed by atoms with Crippen LogP contribution in [0.1, 0.15) is 44.6 Å². The van der Waals surface area contributed by atoms with E-state index in [1.165, 1.54) is 13.2 Å². The minimum atomic E-state index is -3.34. The summed E-state index contributed by atoms with van der Waals surface area (Å²) >= 11 is 0. The second-order valence-electron chi connectivity index (χ2n) is 10.2. The van der Waals surface area contributed by atoms with Crippen molar-refractivity contribution in [2.75, 3.05) is 29.6 Å². The van der Waals surface area contributed by atoms with Crippen molar-refractivity contribution < 1.29 is 24.1 Å². The van der Waals surface area contributed by atoms with Crippen molar-refractivity contribution in [2.24, 2.45) is 5.92 Å². The van der Waals surface area contributed by atoms with Gasteiger partial charge < -0.3 is 15.0 Å². The first-order chi connectivity index (χ1) is 19.8. The fourth-order valence-electron chi connectivity index (χ4n) is 5.27. The standard InChI is InChI=1S/C32H34N2O5S/c1-39-31(35)17-12-23-6-5-9-28(20-23)34(32(36)26-7-3-2-4-8-26)22-24-10-13-25(14-11-24)27-15-16-29-30(21-27)40(37,38)19-18-33-29/h5-6,9-17,20-21,26,33H,2-4,7-8,18-19,22H2,1H3/b17-12+/i22D. The number of benzene rings is 3. The number of ether oxygens (including phenoxy) is 1. The second kappa shape index (κ2) is 12.1. The Hall–Kier alpha value is -3.91. The van der Waals surface area contributed by atoms with Crippen molar-refractivity contribution >= 4 is 39.2 Å². The van der Waals surface area contributed by atoms with E-state index >= 15 is 0 Å². The van der Waals surface area contributed by atoms with E-state index < -0.39 is 22.3 Å². The molecule has 1 amide bonds. The molecule has 1 fully saturated rings. The summed E-state index contributed by atoms with van der Waals surface area (Å²) in [6.07, 6.45) is 7.67. The molecule has 0 bridgehead atoms. The summed E-state index contributed by atoms with van der Waals surface area (Å²) in [6.45, 7) is -0.596. The molecule has 1 heterocycles. The van der Waals surface area contributed by atoms with Crippen molar-refractivity contribution in [3.63, 3.8) is 0 Å². The highest BCUT2D eigenvalue weighted by molar-refractivity contribution is 7.91. The van der Waals surface area contributed by atoms with Crippen LogP contribution in [0, 0.1) is 5.92 Å². The number of methoxy groups -OCH3 is 1. The summed E-state index contributed by atoms with van der Waals surface area (Å²) < 4.78 is 39.1. The van der Waals surface area contributed by atoms with Crippen LogP contribution in [0.15, 0.2) is 77.7 Å². The third-order valence-electron chi connectivity index (χ3n) is 7.48. The van der Waals surface area contributed by atoms with E-state index in [2.05, 4.69) is 10.1 Å². The molecule has 1 saturated carbocycles. The van der Waals surface area contributed by atoms with Crippen molar-refractivity contribution in [1.29, 1.82) is 0 Å². The highest BCUT2D eigenvalue weighted by atomic mass is 32.2. The maximum Gasteiger partial charge on any atom is 0.330 e. The van der Waals surface area contributed by atoms with Crippen LogP contribution in [-0.2, 0) is 30.7 Å². The molecule has 208 valence electrons. The molecule has 0 aromatic heterocycles. The number of nitrogens with one attached hydrogen (secondary N) is 1. The van der Waals surface area contributed by atoms with Gasteiger partial charge >= 0.3 is 5.97 Å². The van der Waals surface area contributed by atoms with E-state index in [9.17, 15) is 19.4 Å². The first-order valence-electron chi connectivity index (χ1n) is 14.2. The first-order valence-corrected chi connectivity index (χ1v) is 15.2. The average Bonchev–Trinajstić information content (AvgIpc) is 3.00.